The van der Waals surface area contributed by atoms with Crippen molar-refractivity contribution < 1.29 is 0 Å². The van der Waals surface area contributed by atoms with E-state index in [-0.39, 0.29) is 0 Å². The van der Waals surface area contributed by atoms with Crippen LogP contribution in [0.2, 0.25) is 0 Å². The molecule has 0 unspecified atom stereocenters. The van der Waals surface area contributed by atoms with Gasteiger partial charge in [-0.15, -0.1) is 0 Å². The number of hydrogen-bond acceptors (Lipinski definition) is 1. The molecule has 0 aliphatic carbocycles. The third kappa shape index (κ3) is 3.47. The molecule has 0 bridgehead atoms. The molecule has 0 atom stereocenters. The second-order valence-corrected chi connectivity index (χ2v) is 7.71. The molecule has 2 heterocycles. The molecule has 2 nitrogen and oxygen atoms in total. The third-order valence-electron chi connectivity index (χ3n) is 5.80. The van der Waals surface area contributed by atoms with Gasteiger partial charge in [0.1, 0.15) is 0 Å². The van der Waals surface area contributed by atoms with Crippen molar-refractivity contribution in [1.29, 1.82) is 0 Å². The molecule has 2 heteroatoms. The van der Waals surface area contributed by atoms with Gasteiger partial charge in [0, 0.05) is 38.1 Å². The number of benzene rings is 2. The lowest BCUT2D eigenvalue weighted by Crippen LogP contribution is -2.30. The van der Waals surface area contributed by atoms with Crippen LogP contribution in [0.5, 0.6) is 0 Å². The van der Waals surface area contributed by atoms with Gasteiger partial charge in [0.15, 0.2) is 0 Å². The molecule has 0 amide bonds. The summed E-state index contributed by atoms with van der Waals surface area (Å²) in [5, 5.41) is 0. The molecule has 2 aromatic carbocycles. The van der Waals surface area contributed by atoms with Crippen LogP contribution in [-0.2, 0) is 26.1 Å². The second-order valence-electron chi connectivity index (χ2n) is 7.71. The molecule has 1 aromatic heterocycles. The van der Waals surface area contributed by atoms with E-state index in [0.717, 1.165) is 26.2 Å². The molecule has 0 radical (unpaired) electrons. The number of nitrogens with zero attached hydrogens (tertiary/aromatic N) is 2. The van der Waals surface area contributed by atoms with Crippen molar-refractivity contribution in [1.82, 2.24) is 9.47 Å². The Morgan fingerprint density at radius 3 is 2.50 bits per heavy atom. The van der Waals surface area contributed by atoms with Crippen LogP contribution in [0.3, 0.4) is 0 Å². The predicted octanol–water partition coefficient (Wildman–Crippen LogP) is 5.02. The Hall–Kier alpha value is -2.32. The molecule has 4 rings (SSSR count). The van der Waals surface area contributed by atoms with Crippen LogP contribution < -0.4 is 0 Å². The van der Waals surface area contributed by atoms with Crippen molar-refractivity contribution in [3.63, 3.8) is 0 Å². The van der Waals surface area contributed by atoms with Crippen molar-refractivity contribution in [3.8, 4) is 0 Å². The average molecular weight is 345 g/mol. The summed E-state index contributed by atoms with van der Waals surface area (Å²) in [5.41, 5.74) is 9.99. The maximum Gasteiger partial charge on any atom is 0.0475 e. The molecule has 0 fully saturated rings. The molecule has 0 saturated heterocycles. The lowest BCUT2D eigenvalue weighted by atomic mass is 9.99. The van der Waals surface area contributed by atoms with Crippen molar-refractivity contribution in [3.05, 3.63) is 93.8 Å². The first-order valence-corrected chi connectivity index (χ1v) is 9.60. The topological polar surface area (TPSA) is 8.17 Å². The fourth-order valence-electron chi connectivity index (χ4n) is 4.02. The van der Waals surface area contributed by atoms with Crippen LogP contribution >= 0.6 is 0 Å². The maximum absolute atomic E-state index is 2.58. The van der Waals surface area contributed by atoms with E-state index >= 15 is 0 Å². The van der Waals surface area contributed by atoms with E-state index in [1.807, 2.05) is 0 Å². The Morgan fingerprint density at radius 1 is 0.846 bits per heavy atom. The fourth-order valence-corrected chi connectivity index (χ4v) is 4.02. The summed E-state index contributed by atoms with van der Waals surface area (Å²) >= 11 is 0. The Kier molecular flexibility index (Phi) is 4.69. The summed E-state index contributed by atoms with van der Waals surface area (Å²) in [5.74, 6) is 0. The predicted molar refractivity (Wildman–Crippen MR) is 108 cm³/mol. The van der Waals surface area contributed by atoms with Crippen LogP contribution in [0, 0.1) is 20.8 Å². The Balaban J connectivity index is 1.49. The van der Waals surface area contributed by atoms with E-state index in [1.54, 1.807) is 0 Å². The normalized spacial score (nSPS) is 14.4. The maximum atomic E-state index is 2.58. The van der Waals surface area contributed by atoms with E-state index in [1.165, 1.54) is 45.5 Å². The number of rotatable bonds is 4. The van der Waals surface area contributed by atoms with Gasteiger partial charge in [-0.2, -0.15) is 0 Å². The number of aryl methyl sites for hydroxylation is 2. The molecule has 3 aromatic rings. The van der Waals surface area contributed by atoms with Gasteiger partial charge >= 0.3 is 0 Å². The molecule has 0 N–H and O–H groups in total. The van der Waals surface area contributed by atoms with Gasteiger partial charge in [0.25, 0.3) is 0 Å². The third-order valence-corrected chi connectivity index (χ3v) is 5.80. The SMILES string of the molecule is Cc1ccc(C)c(Cn2ccc(CN3CCc4ccccc4C3)c2C)c1. The minimum Gasteiger partial charge on any atom is -0.347 e. The molecule has 0 spiro atoms. The second kappa shape index (κ2) is 7.13. The Bertz CT molecular complexity index is 920. The molecule has 134 valence electrons. The lowest BCUT2D eigenvalue weighted by molar-refractivity contribution is 0.245. The summed E-state index contributed by atoms with van der Waals surface area (Å²) in [6.07, 6.45) is 3.42. The summed E-state index contributed by atoms with van der Waals surface area (Å²) in [4.78, 5) is 2.58. The van der Waals surface area contributed by atoms with Crippen LogP contribution in [0.25, 0.3) is 0 Å². The van der Waals surface area contributed by atoms with Crippen molar-refractivity contribution >= 4 is 0 Å². The number of aromatic nitrogens is 1. The number of hydrogen-bond donors (Lipinski definition) is 0. The molecular formula is C24H28N2. The summed E-state index contributed by atoms with van der Waals surface area (Å²) < 4.78 is 2.40. The van der Waals surface area contributed by atoms with E-state index < -0.39 is 0 Å². The van der Waals surface area contributed by atoms with Crippen LogP contribution in [0.1, 0.15) is 39.1 Å². The van der Waals surface area contributed by atoms with E-state index in [0.29, 0.717) is 0 Å². The highest BCUT2D eigenvalue weighted by Crippen LogP contribution is 2.22. The summed E-state index contributed by atoms with van der Waals surface area (Å²) in [6, 6.07) is 17.9. The van der Waals surface area contributed by atoms with Gasteiger partial charge in [0.2, 0.25) is 0 Å². The van der Waals surface area contributed by atoms with Crippen LogP contribution in [0.4, 0.5) is 0 Å². The minimum atomic E-state index is 0.960. The first kappa shape index (κ1) is 17.1. The van der Waals surface area contributed by atoms with Crippen molar-refractivity contribution in [2.24, 2.45) is 0 Å². The summed E-state index contributed by atoms with van der Waals surface area (Å²) in [7, 11) is 0. The van der Waals surface area contributed by atoms with E-state index in [9.17, 15) is 0 Å². The molecule has 26 heavy (non-hydrogen) atoms. The minimum absolute atomic E-state index is 0.960. The Labute approximate surface area is 157 Å². The van der Waals surface area contributed by atoms with Crippen LogP contribution in [-0.4, -0.2) is 16.0 Å². The van der Waals surface area contributed by atoms with E-state index in [2.05, 4.69) is 85.0 Å². The molecule has 1 aliphatic rings. The van der Waals surface area contributed by atoms with Crippen molar-refractivity contribution in [2.75, 3.05) is 6.54 Å². The zero-order valence-electron chi connectivity index (χ0n) is 16.1. The van der Waals surface area contributed by atoms with Gasteiger partial charge in [-0.25, -0.2) is 0 Å². The summed E-state index contributed by atoms with van der Waals surface area (Å²) in [6.45, 7) is 10.9. The van der Waals surface area contributed by atoms with Gasteiger partial charge in [0.05, 0.1) is 0 Å². The van der Waals surface area contributed by atoms with Gasteiger partial charge < -0.3 is 4.57 Å². The van der Waals surface area contributed by atoms with Gasteiger partial charge in [-0.3, -0.25) is 4.90 Å². The molecule has 0 saturated carbocycles. The highest BCUT2D eigenvalue weighted by Gasteiger charge is 2.17. The zero-order chi connectivity index (χ0) is 18.1. The smallest absolute Gasteiger partial charge is 0.0475 e. The quantitative estimate of drug-likeness (QED) is 0.645. The molecular weight excluding hydrogens is 316 g/mol. The Morgan fingerprint density at radius 2 is 1.65 bits per heavy atom. The van der Waals surface area contributed by atoms with E-state index in [4.69, 9.17) is 0 Å². The average Bonchev–Trinajstić information content (AvgIpc) is 2.98. The zero-order valence-corrected chi connectivity index (χ0v) is 16.1. The number of fused-ring (bicyclic) bond motifs is 1. The highest BCUT2D eigenvalue weighted by atomic mass is 15.1. The first-order chi connectivity index (χ1) is 12.6. The lowest BCUT2D eigenvalue weighted by Gasteiger charge is -2.28. The van der Waals surface area contributed by atoms with Gasteiger partial charge in [-0.1, -0.05) is 48.0 Å². The monoisotopic (exact) mass is 344 g/mol. The largest absolute Gasteiger partial charge is 0.347 e. The highest BCUT2D eigenvalue weighted by molar-refractivity contribution is 5.33. The standard InChI is InChI=1S/C24H28N2/c1-18-8-9-19(2)24(14-18)17-26-13-11-22(20(26)3)15-25-12-10-21-6-4-5-7-23(21)16-25/h4-9,11,13-14H,10,12,15-17H2,1-3H3. The first-order valence-electron chi connectivity index (χ1n) is 9.60. The van der Waals surface area contributed by atoms with Gasteiger partial charge in [-0.05, 0) is 61.1 Å². The molecule has 1 aliphatic heterocycles. The van der Waals surface area contributed by atoms with Crippen molar-refractivity contribution in [2.45, 2.75) is 46.8 Å². The fraction of sp³-hybridized carbons (Fsp3) is 0.333. The van der Waals surface area contributed by atoms with Crippen LogP contribution in [0.15, 0.2) is 54.7 Å².